The zero-order valence-corrected chi connectivity index (χ0v) is 8.80. The van der Waals surface area contributed by atoms with Crippen LogP contribution in [-0.4, -0.2) is 12.9 Å². The Morgan fingerprint density at radius 2 is 2.36 bits per heavy atom. The standard InChI is InChI=1S/C10H12N2OS/c1-13-9-7-8(12)3-4-10(9)14-6-2-5-11/h3-4,7H,2,6,12H2,1H3. The fourth-order valence-electron chi connectivity index (χ4n) is 1.01. The molecule has 0 spiro atoms. The Hall–Kier alpha value is -1.34. The highest BCUT2D eigenvalue weighted by molar-refractivity contribution is 7.99. The summed E-state index contributed by atoms with van der Waals surface area (Å²) in [7, 11) is 1.61. The monoisotopic (exact) mass is 208 g/mol. The quantitative estimate of drug-likeness (QED) is 0.468. The van der Waals surface area contributed by atoms with Crippen molar-refractivity contribution in [3.8, 4) is 11.8 Å². The molecule has 0 bridgehead atoms. The van der Waals surface area contributed by atoms with Crippen molar-refractivity contribution < 1.29 is 4.74 Å². The number of thioether (sulfide) groups is 1. The Morgan fingerprint density at radius 3 is 3.00 bits per heavy atom. The lowest BCUT2D eigenvalue weighted by atomic mass is 10.3. The number of ether oxygens (including phenoxy) is 1. The molecular formula is C10H12N2OS. The van der Waals surface area contributed by atoms with E-state index in [9.17, 15) is 0 Å². The van der Waals surface area contributed by atoms with Crippen LogP contribution in [0.15, 0.2) is 23.1 Å². The number of nitriles is 1. The largest absolute Gasteiger partial charge is 0.496 e. The second-order valence-corrected chi connectivity index (χ2v) is 3.80. The SMILES string of the molecule is COc1cc(N)ccc1SCCC#N. The van der Waals surface area contributed by atoms with Gasteiger partial charge in [-0.2, -0.15) is 5.26 Å². The Balaban J connectivity index is 2.71. The molecule has 0 fully saturated rings. The van der Waals surface area contributed by atoms with Crippen LogP contribution < -0.4 is 10.5 Å². The molecule has 0 saturated heterocycles. The van der Waals surface area contributed by atoms with Crippen LogP contribution in [0.1, 0.15) is 6.42 Å². The summed E-state index contributed by atoms with van der Waals surface area (Å²) in [5.41, 5.74) is 6.30. The molecule has 0 atom stereocenters. The first kappa shape index (κ1) is 10.7. The van der Waals surface area contributed by atoms with Crippen molar-refractivity contribution in [1.82, 2.24) is 0 Å². The minimum atomic E-state index is 0.540. The molecule has 0 aliphatic heterocycles. The third kappa shape index (κ3) is 2.86. The first-order chi connectivity index (χ1) is 6.77. The second-order valence-electron chi connectivity index (χ2n) is 2.67. The molecule has 14 heavy (non-hydrogen) atoms. The van der Waals surface area contributed by atoms with Gasteiger partial charge in [-0.25, -0.2) is 0 Å². The van der Waals surface area contributed by atoms with Gasteiger partial charge >= 0.3 is 0 Å². The third-order valence-electron chi connectivity index (χ3n) is 1.66. The Kier molecular flexibility index (Phi) is 4.14. The van der Waals surface area contributed by atoms with Crippen molar-refractivity contribution in [1.29, 1.82) is 5.26 Å². The number of hydrogen-bond acceptors (Lipinski definition) is 4. The Labute approximate surface area is 87.9 Å². The van der Waals surface area contributed by atoms with Crippen molar-refractivity contribution in [2.24, 2.45) is 0 Å². The fourth-order valence-corrected chi connectivity index (χ4v) is 1.87. The molecular weight excluding hydrogens is 196 g/mol. The van der Waals surface area contributed by atoms with Crippen LogP contribution in [0.3, 0.4) is 0 Å². The Bertz CT molecular complexity index is 346. The van der Waals surface area contributed by atoms with Gasteiger partial charge in [0.2, 0.25) is 0 Å². The summed E-state index contributed by atoms with van der Waals surface area (Å²) >= 11 is 1.60. The van der Waals surface area contributed by atoms with Crippen molar-refractivity contribution in [2.45, 2.75) is 11.3 Å². The van der Waals surface area contributed by atoms with Gasteiger partial charge in [0.05, 0.1) is 13.2 Å². The van der Waals surface area contributed by atoms with E-state index in [1.54, 1.807) is 24.9 Å². The third-order valence-corrected chi connectivity index (χ3v) is 2.72. The molecule has 74 valence electrons. The topological polar surface area (TPSA) is 59.0 Å². The van der Waals surface area contributed by atoms with Crippen LogP contribution in [-0.2, 0) is 0 Å². The molecule has 0 heterocycles. The van der Waals surface area contributed by atoms with Crippen LogP contribution in [0.5, 0.6) is 5.75 Å². The van der Waals surface area contributed by atoms with Gasteiger partial charge in [0.15, 0.2) is 0 Å². The minimum absolute atomic E-state index is 0.540. The highest BCUT2D eigenvalue weighted by Crippen LogP contribution is 2.31. The minimum Gasteiger partial charge on any atom is -0.496 e. The molecule has 0 unspecified atom stereocenters. The molecule has 1 aromatic rings. The van der Waals surface area contributed by atoms with Gasteiger partial charge in [0, 0.05) is 28.8 Å². The number of methoxy groups -OCH3 is 1. The van der Waals surface area contributed by atoms with E-state index in [2.05, 4.69) is 6.07 Å². The van der Waals surface area contributed by atoms with E-state index in [4.69, 9.17) is 15.7 Å². The number of hydrogen-bond donors (Lipinski definition) is 1. The summed E-state index contributed by atoms with van der Waals surface area (Å²) in [5.74, 6) is 1.55. The zero-order valence-electron chi connectivity index (χ0n) is 7.99. The van der Waals surface area contributed by atoms with Gasteiger partial charge in [0.25, 0.3) is 0 Å². The number of nitrogens with zero attached hydrogens (tertiary/aromatic N) is 1. The van der Waals surface area contributed by atoms with Gasteiger partial charge in [-0.1, -0.05) is 0 Å². The molecule has 3 nitrogen and oxygen atoms in total. The molecule has 0 aromatic heterocycles. The van der Waals surface area contributed by atoms with Crippen molar-refractivity contribution in [3.05, 3.63) is 18.2 Å². The van der Waals surface area contributed by atoms with Gasteiger partial charge in [0.1, 0.15) is 5.75 Å². The second kappa shape index (κ2) is 5.40. The molecule has 0 saturated carbocycles. The summed E-state index contributed by atoms with van der Waals surface area (Å²) in [4.78, 5) is 1.02. The maximum absolute atomic E-state index is 8.40. The summed E-state index contributed by atoms with van der Waals surface area (Å²) < 4.78 is 5.17. The number of nitrogens with two attached hydrogens (primary N) is 1. The summed E-state index contributed by atoms with van der Waals surface area (Å²) in [5, 5.41) is 8.40. The fraction of sp³-hybridized carbons (Fsp3) is 0.300. The van der Waals surface area contributed by atoms with E-state index in [0.29, 0.717) is 12.1 Å². The van der Waals surface area contributed by atoms with E-state index < -0.39 is 0 Å². The predicted octanol–water partition coefficient (Wildman–Crippen LogP) is 2.28. The van der Waals surface area contributed by atoms with Crippen LogP contribution in [0.2, 0.25) is 0 Å². The van der Waals surface area contributed by atoms with Gasteiger partial charge < -0.3 is 10.5 Å². The average Bonchev–Trinajstić information content (AvgIpc) is 2.20. The normalized spacial score (nSPS) is 9.43. The highest BCUT2D eigenvalue weighted by Gasteiger charge is 2.03. The predicted molar refractivity (Wildman–Crippen MR) is 58.4 cm³/mol. The van der Waals surface area contributed by atoms with E-state index in [0.717, 1.165) is 16.4 Å². The van der Waals surface area contributed by atoms with Gasteiger partial charge in [-0.3, -0.25) is 0 Å². The van der Waals surface area contributed by atoms with Gasteiger partial charge in [-0.05, 0) is 12.1 Å². The zero-order chi connectivity index (χ0) is 10.4. The summed E-state index contributed by atoms with van der Waals surface area (Å²) in [6.45, 7) is 0. The summed E-state index contributed by atoms with van der Waals surface area (Å²) in [6.07, 6.45) is 0.540. The molecule has 0 radical (unpaired) electrons. The molecule has 1 rings (SSSR count). The van der Waals surface area contributed by atoms with Crippen LogP contribution in [0, 0.1) is 11.3 Å². The molecule has 0 aliphatic carbocycles. The Morgan fingerprint density at radius 1 is 1.57 bits per heavy atom. The number of anilines is 1. The van der Waals surface area contributed by atoms with Gasteiger partial charge in [-0.15, -0.1) is 11.8 Å². The molecule has 2 N–H and O–H groups in total. The number of benzene rings is 1. The lowest BCUT2D eigenvalue weighted by Gasteiger charge is -2.07. The maximum atomic E-state index is 8.40. The maximum Gasteiger partial charge on any atom is 0.134 e. The molecule has 1 aromatic carbocycles. The van der Waals surface area contributed by atoms with Crippen LogP contribution >= 0.6 is 11.8 Å². The smallest absolute Gasteiger partial charge is 0.134 e. The van der Waals surface area contributed by atoms with Crippen molar-refractivity contribution in [3.63, 3.8) is 0 Å². The summed E-state index contributed by atoms with van der Waals surface area (Å²) in [6, 6.07) is 7.63. The first-order valence-corrected chi connectivity index (χ1v) is 5.19. The molecule has 0 aliphatic rings. The lowest BCUT2D eigenvalue weighted by molar-refractivity contribution is 0.405. The molecule has 4 heteroatoms. The van der Waals surface area contributed by atoms with E-state index in [1.165, 1.54) is 0 Å². The number of rotatable bonds is 4. The van der Waals surface area contributed by atoms with E-state index in [-0.39, 0.29) is 0 Å². The van der Waals surface area contributed by atoms with Crippen molar-refractivity contribution >= 4 is 17.4 Å². The van der Waals surface area contributed by atoms with Crippen LogP contribution in [0.4, 0.5) is 5.69 Å². The highest BCUT2D eigenvalue weighted by atomic mass is 32.2. The van der Waals surface area contributed by atoms with E-state index >= 15 is 0 Å². The number of nitrogen functional groups attached to an aromatic ring is 1. The average molecular weight is 208 g/mol. The lowest BCUT2D eigenvalue weighted by Crippen LogP contribution is -1.90. The van der Waals surface area contributed by atoms with E-state index in [1.807, 2.05) is 12.1 Å². The van der Waals surface area contributed by atoms with Crippen molar-refractivity contribution in [2.75, 3.05) is 18.6 Å². The first-order valence-electron chi connectivity index (χ1n) is 4.21. The molecule has 0 amide bonds. The van der Waals surface area contributed by atoms with Crippen LogP contribution in [0.25, 0.3) is 0 Å².